The molecule has 4 nitrogen and oxygen atoms in total. The summed E-state index contributed by atoms with van der Waals surface area (Å²) in [6.45, 7) is 0. The van der Waals surface area contributed by atoms with Crippen LogP contribution >= 0.6 is 46.6 Å². The minimum atomic E-state index is -0.328. The number of benzene rings is 2. The summed E-state index contributed by atoms with van der Waals surface area (Å²) in [6.07, 6.45) is 2.01. The Balaban J connectivity index is 1.68. The minimum absolute atomic E-state index is 0.132. The molecule has 1 aliphatic rings. The van der Waals surface area contributed by atoms with Crippen LogP contribution in [0.25, 0.3) is 0 Å². The fourth-order valence-corrected chi connectivity index (χ4v) is 3.75. The van der Waals surface area contributed by atoms with Crippen LogP contribution in [0, 0.1) is 0 Å². The Morgan fingerprint density at radius 3 is 2.64 bits per heavy atom. The van der Waals surface area contributed by atoms with Gasteiger partial charge in [0.1, 0.15) is 0 Å². The molecule has 1 amide bonds. The summed E-state index contributed by atoms with van der Waals surface area (Å²) in [5.41, 5.74) is 1.58. The topological polar surface area (TPSA) is 53.8 Å². The molecule has 1 aliphatic heterocycles. The quantitative estimate of drug-likeness (QED) is 0.578. The molecule has 8 heteroatoms. The van der Waals surface area contributed by atoms with Crippen LogP contribution in [0.5, 0.6) is 0 Å². The second-order valence-electron chi connectivity index (χ2n) is 5.18. The van der Waals surface area contributed by atoms with Crippen molar-refractivity contribution in [2.24, 2.45) is 10.2 Å². The van der Waals surface area contributed by atoms with Crippen LogP contribution in [-0.2, 0) is 11.2 Å². The normalized spacial score (nSPS) is 18.9. The van der Waals surface area contributed by atoms with E-state index in [0.717, 1.165) is 11.1 Å². The van der Waals surface area contributed by atoms with Gasteiger partial charge in [0, 0.05) is 10.6 Å². The molecule has 1 atom stereocenters. The Bertz CT molecular complexity index is 870. The molecule has 128 valence electrons. The second kappa shape index (κ2) is 8.23. The number of thioether (sulfide) groups is 1. The standard InChI is InChI=1S/C17H12Cl3N3OS/c18-12-6-2-1-4-11(12)9-21-23-17-22-16(24)14(25-17)8-10-5-3-7-13(19)15(10)20/h1-7,9,14H,8H2,(H,22,23,24)/b21-9-/t14-/m1/s1. The maximum Gasteiger partial charge on any atom is 0.239 e. The molecule has 1 heterocycles. The number of halogens is 3. The van der Waals surface area contributed by atoms with Gasteiger partial charge in [-0.2, -0.15) is 5.10 Å². The van der Waals surface area contributed by atoms with Gasteiger partial charge in [-0.25, -0.2) is 0 Å². The summed E-state index contributed by atoms with van der Waals surface area (Å²) < 4.78 is 0. The van der Waals surface area contributed by atoms with E-state index in [2.05, 4.69) is 15.5 Å². The molecule has 0 bridgehead atoms. The van der Waals surface area contributed by atoms with Crippen LogP contribution in [0.4, 0.5) is 0 Å². The van der Waals surface area contributed by atoms with Crippen LogP contribution < -0.4 is 5.32 Å². The smallest absolute Gasteiger partial charge is 0.239 e. The third-order valence-electron chi connectivity index (χ3n) is 3.46. The first-order valence-corrected chi connectivity index (χ1v) is 9.32. The predicted molar refractivity (Wildman–Crippen MR) is 106 cm³/mol. The van der Waals surface area contributed by atoms with Gasteiger partial charge in [-0.15, -0.1) is 5.10 Å². The third kappa shape index (κ3) is 4.55. The SMILES string of the molecule is O=C1N/C(=N/N=C\c2ccccc2Cl)S[C@@H]1Cc1cccc(Cl)c1Cl. The monoisotopic (exact) mass is 411 g/mol. The van der Waals surface area contributed by atoms with Crippen molar-refractivity contribution in [3.05, 3.63) is 68.7 Å². The van der Waals surface area contributed by atoms with Gasteiger partial charge in [-0.3, -0.25) is 4.79 Å². The third-order valence-corrected chi connectivity index (χ3v) is 5.74. The van der Waals surface area contributed by atoms with Crippen molar-refractivity contribution in [3.63, 3.8) is 0 Å². The lowest BCUT2D eigenvalue weighted by Gasteiger charge is -2.08. The molecule has 3 rings (SSSR count). The van der Waals surface area contributed by atoms with Gasteiger partial charge in [-0.1, -0.05) is 76.9 Å². The number of nitrogens with one attached hydrogen (secondary N) is 1. The van der Waals surface area contributed by atoms with Crippen molar-refractivity contribution in [2.75, 3.05) is 0 Å². The average Bonchev–Trinajstić information content (AvgIpc) is 2.93. The largest absolute Gasteiger partial charge is 0.303 e. The van der Waals surface area contributed by atoms with Gasteiger partial charge >= 0.3 is 0 Å². The van der Waals surface area contributed by atoms with Crippen LogP contribution in [0.15, 0.2) is 52.7 Å². The fraction of sp³-hybridized carbons (Fsp3) is 0.118. The Kier molecular flexibility index (Phi) is 6.02. The first-order valence-electron chi connectivity index (χ1n) is 7.30. The molecule has 0 aromatic heterocycles. The molecule has 1 N–H and O–H groups in total. The van der Waals surface area contributed by atoms with Gasteiger partial charge in [0.05, 0.1) is 21.5 Å². The zero-order valence-electron chi connectivity index (χ0n) is 12.7. The van der Waals surface area contributed by atoms with Gasteiger partial charge in [0.2, 0.25) is 5.91 Å². The Morgan fingerprint density at radius 1 is 1.08 bits per heavy atom. The lowest BCUT2D eigenvalue weighted by molar-refractivity contribution is -0.118. The minimum Gasteiger partial charge on any atom is -0.303 e. The van der Waals surface area contributed by atoms with E-state index in [0.29, 0.717) is 26.7 Å². The van der Waals surface area contributed by atoms with E-state index in [1.807, 2.05) is 30.3 Å². The molecule has 0 radical (unpaired) electrons. The van der Waals surface area contributed by atoms with Crippen molar-refractivity contribution in [1.29, 1.82) is 0 Å². The molecular formula is C17H12Cl3N3OS. The number of hydrogen-bond acceptors (Lipinski definition) is 4. The predicted octanol–water partition coefficient (Wildman–Crippen LogP) is 4.81. The van der Waals surface area contributed by atoms with Crippen molar-refractivity contribution in [3.8, 4) is 0 Å². The van der Waals surface area contributed by atoms with E-state index >= 15 is 0 Å². The first-order chi connectivity index (χ1) is 12.0. The van der Waals surface area contributed by atoms with Crippen LogP contribution in [-0.4, -0.2) is 22.5 Å². The molecule has 0 spiro atoms. The van der Waals surface area contributed by atoms with Crippen molar-refractivity contribution in [1.82, 2.24) is 5.32 Å². The molecule has 25 heavy (non-hydrogen) atoms. The van der Waals surface area contributed by atoms with Gasteiger partial charge in [-0.05, 0) is 24.1 Å². The van der Waals surface area contributed by atoms with Gasteiger partial charge in [0.15, 0.2) is 5.17 Å². The number of rotatable bonds is 4. The summed E-state index contributed by atoms with van der Waals surface area (Å²) in [4.78, 5) is 12.1. The maximum atomic E-state index is 12.1. The Hall–Kier alpha value is -1.53. The lowest BCUT2D eigenvalue weighted by atomic mass is 10.1. The maximum absolute atomic E-state index is 12.1. The summed E-state index contributed by atoms with van der Waals surface area (Å²) in [5, 5.41) is 12.4. The highest BCUT2D eigenvalue weighted by Crippen LogP contribution is 2.30. The Morgan fingerprint density at radius 2 is 1.84 bits per heavy atom. The molecule has 2 aromatic carbocycles. The van der Waals surface area contributed by atoms with Gasteiger partial charge < -0.3 is 5.32 Å². The molecule has 2 aromatic rings. The zero-order valence-corrected chi connectivity index (χ0v) is 15.8. The van der Waals surface area contributed by atoms with Crippen LogP contribution in [0.3, 0.4) is 0 Å². The van der Waals surface area contributed by atoms with E-state index in [-0.39, 0.29) is 11.2 Å². The van der Waals surface area contributed by atoms with E-state index in [1.165, 1.54) is 11.8 Å². The molecule has 0 saturated carbocycles. The first kappa shape index (κ1) is 18.3. The fourth-order valence-electron chi connectivity index (χ4n) is 2.22. The molecule has 0 unspecified atom stereocenters. The number of hydrogen-bond donors (Lipinski definition) is 1. The molecule has 1 fully saturated rings. The number of carbonyl (C=O) groups excluding carboxylic acids is 1. The number of carbonyl (C=O) groups is 1. The molecular weight excluding hydrogens is 401 g/mol. The van der Waals surface area contributed by atoms with E-state index in [4.69, 9.17) is 34.8 Å². The summed E-state index contributed by atoms with van der Waals surface area (Å²) in [5.74, 6) is -0.132. The Labute approximate surface area is 164 Å². The van der Waals surface area contributed by atoms with Crippen LogP contribution in [0.2, 0.25) is 15.1 Å². The highest BCUT2D eigenvalue weighted by atomic mass is 35.5. The van der Waals surface area contributed by atoms with Crippen LogP contribution in [0.1, 0.15) is 11.1 Å². The average molecular weight is 413 g/mol. The zero-order chi connectivity index (χ0) is 17.8. The number of amides is 1. The van der Waals surface area contributed by atoms with E-state index in [1.54, 1.807) is 18.3 Å². The highest BCUT2D eigenvalue weighted by Gasteiger charge is 2.31. The van der Waals surface area contributed by atoms with E-state index < -0.39 is 0 Å². The summed E-state index contributed by atoms with van der Waals surface area (Å²) in [6, 6.07) is 12.7. The van der Waals surface area contributed by atoms with E-state index in [9.17, 15) is 4.79 Å². The van der Waals surface area contributed by atoms with Crippen molar-refractivity contribution >= 4 is 63.9 Å². The van der Waals surface area contributed by atoms with Gasteiger partial charge in [0.25, 0.3) is 0 Å². The molecule has 1 saturated heterocycles. The lowest BCUT2D eigenvalue weighted by Crippen LogP contribution is -2.26. The molecule has 0 aliphatic carbocycles. The number of amidine groups is 1. The van der Waals surface area contributed by atoms with Crippen molar-refractivity contribution in [2.45, 2.75) is 11.7 Å². The van der Waals surface area contributed by atoms with Crippen molar-refractivity contribution < 1.29 is 4.79 Å². The summed E-state index contributed by atoms with van der Waals surface area (Å²) in [7, 11) is 0. The summed E-state index contributed by atoms with van der Waals surface area (Å²) >= 11 is 19.5. The highest BCUT2D eigenvalue weighted by molar-refractivity contribution is 8.15. The number of nitrogens with zero attached hydrogens (tertiary/aromatic N) is 2. The second-order valence-corrected chi connectivity index (χ2v) is 7.57.